The highest BCUT2D eigenvalue weighted by Crippen LogP contribution is 2.37. The zero-order chi connectivity index (χ0) is 16.3. The van der Waals surface area contributed by atoms with Crippen LogP contribution in [-0.2, 0) is 25.8 Å². The quantitative estimate of drug-likeness (QED) is 0.770. The maximum atomic E-state index is 11.9. The molecule has 5 nitrogen and oxygen atoms in total. The topological polar surface area (TPSA) is 55.8 Å². The predicted octanol–water partition coefficient (Wildman–Crippen LogP) is 1.31. The molecule has 2 aliphatic heterocycles. The minimum atomic E-state index is -3.25. The Labute approximate surface area is 132 Å². The van der Waals surface area contributed by atoms with Crippen LogP contribution < -0.4 is 9.77 Å². The van der Waals surface area contributed by atoms with Gasteiger partial charge in [0.15, 0.2) is 0 Å². The first-order valence-electron chi connectivity index (χ1n) is 7.47. The van der Waals surface area contributed by atoms with Crippen molar-refractivity contribution in [3.8, 4) is 0 Å². The summed E-state index contributed by atoms with van der Waals surface area (Å²) in [5.74, 6) is 0. The van der Waals surface area contributed by atoms with E-state index in [1.165, 1.54) is 10.6 Å². The van der Waals surface area contributed by atoms with E-state index < -0.39 is 28.3 Å². The molecule has 1 saturated heterocycles. The van der Waals surface area contributed by atoms with Crippen LogP contribution in [0.5, 0.6) is 0 Å². The monoisotopic (exact) mass is 323 g/mol. The van der Waals surface area contributed by atoms with E-state index in [1.807, 2.05) is 45.9 Å². The molecule has 1 aromatic rings. The van der Waals surface area contributed by atoms with E-state index in [2.05, 4.69) is 0 Å². The van der Waals surface area contributed by atoms with Crippen molar-refractivity contribution in [2.45, 2.75) is 45.3 Å². The second kappa shape index (κ2) is 4.72. The molecular formula is C15H22BNO4S. The molecule has 0 bridgehead atoms. The average molecular weight is 323 g/mol. The summed E-state index contributed by atoms with van der Waals surface area (Å²) in [7, 11) is -3.72. The molecule has 0 aliphatic carbocycles. The van der Waals surface area contributed by atoms with Gasteiger partial charge in [-0.2, -0.15) is 0 Å². The summed E-state index contributed by atoms with van der Waals surface area (Å²) in [6.45, 7) is 8.51. The molecule has 0 spiro atoms. The highest BCUT2D eigenvalue weighted by atomic mass is 32.2. The molecule has 0 amide bonds. The molecule has 1 fully saturated rings. The van der Waals surface area contributed by atoms with Gasteiger partial charge in [0.2, 0.25) is 10.0 Å². The molecule has 120 valence electrons. The van der Waals surface area contributed by atoms with Crippen molar-refractivity contribution in [1.29, 1.82) is 0 Å². The fourth-order valence-corrected chi connectivity index (χ4v) is 3.79. The van der Waals surface area contributed by atoms with Crippen LogP contribution in [0.25, 0.3) is 0 Å². The molecule has 0 atom stereocenters. The van der Waals surface area contributed by atoms with Gasteiger partial charge in [-0.05, 0) is 51.2 Å². The van der Waals surface area contributed by atoms with E-state index in [4.69, 9.17) is 9.31 Å². The Kier molecular flexibility index (Phi) is 3.40. The summed E-state index contributed by atoms with van der Waals surface area (Å²) in [4.78, 5) is 0. The number of fused-ring (bicyclic) bond motifs is 1. The Morgan fingerprint density at radius 3 is 2.27 bits per heavy atom. The van der Waals surface area contributed by atoms with Crippen molar-refractivity contribution in [3.63, 3.8) is 0 Å². The summed E-state index contributed by atoms with van der Waals surface area (Å²) in [6.07, 6.45) is 1.98. The number of hydrogen-bond donors (Lipinski definition) is 0. The molecule has 0 unspecified atom stereocenters. The van der Waals surface area contributed by atoms with E-state index in [1.54, 1.807) is 0 Å². The van der Waals surface area contributed by atoms with Crippen LogP contribution in [0.15, 0.2) is 18.2 Å². The average Bonchev–Trinajstić information content (AvgIpc) is 2.87. The molecule has 0 N–H and O–H groups in total. The number of hydrogen-bond acceptors (Lipinski definition) is 4. The third-order valence-electron chi connectivity index (χ3n) is 4.89. The highest BCUT2D eigenvalue weighted by Gasteiger charge is 2.51. The van der Waals surface area contributed by atoms with Crippen molar-refractivity contribution in [2.75, 3.05) is 17.1 Å². The first-order chi connectivity index (χ1) is 10.0. The summed E-state index contributed by atoms with van der Waals surface area (Å²) in [6, 6.07) is 5.82. The van der Waals surface area contributed by atoms with Gasteiger partial charge >= 0.3 is 7.12 Å². The van der Waals surface area contributed by atoms with E-state index in [9.17, 15) is 8.42 Å². The predicted molar refractivity (Wildman–Crippen MR) is 88.1 cm³/mol. The molecule has 1 aromatic carbocycles. The molecule has 0 radical (unpaired) electrons. The first kappa shape index (κ1) is 15.8. The maximum absolute atomic E-state index is 11.9. The van der Waals surface area contributed by atoms with Gasteiger partial charge in [-0.15, -0.1) is 0 Å². The largest absolute Gasteiger partial charge is 0.494 e. The van der Waals surface area contributed by atoms with E-state index in [-0.39, 0.29) is 0 Å². The molecule has 2 aliphatic rings. The van der Waals surface area contributed by atoms with Crippen molar-refractivity contribution < 1.29 is 17.7 Å². The van der Waals surface area contributed by atoms with E-state index in [0.29, 0.717) is 6.54 Å². The second-order valence-corrected chi connectivity index (χ2v) is 8.97. The number of nitrogens with zero attached hydrogens (tertiary/aromatic N) is 1. The molecule has 0 saturated carbocycles. The minimum absolute atomic E-state index is 0.410. The summed E-state index contributed by atoms with van der Waals surface area (Å²) in [5, 5.41) is 0. The van der Waals surface area contributed by atoms with Crippen LogP contribution >= 0.6 is 0 Å². The number of sulfonamides is 1. The highest BCUT2D eigenvalue weighted by molar-refractivity contribution is 7.92. The van der Waals surface area contributed by atoms with Gasteiger partial charge in [0.25, 0.3) is 0 Å². The van der Waals surface area contributed by atoms with Crippen LogP contribution in [0.3, 0.4) is 0 Å². The zero-order valence-electron chi connectivity index (χ0n) is 13.7. The van der Waals surface area contributed by atoms with E-state index in [0.717, 1.165) is 23.1 Å². The Bertz CT molecular complexity index is 698. The smallest absolute Gasteiger partial charge is 0.399 e. The Morgan fingerprint density at radius 2 is 1.73 bits per heavy atom. The summed E-state index contributed by atoms with van der Waals surface area (Å²) in [5.41, 5.74) is 1.83. The minimum Gasteiger partial charge on any atom is -0.399 e. The van der Waals surface area contributed by atoms with Crippen LogP contribution in [0, 0.1) is 0 Å². The van der Waals surface area contributed by atoms with Crippen molar-refractivity contribution in [1.82, 2.24) is 0 Å². The van der Waals surface area contributed by atoms with Gasteiger partial charge in [0.1, 0.15) is 0 Å². The maximum Gasteiger partial charge on any atom is 0.494 e. The fourth-order valence-electron chi connectivity index (χ4n) is 2.84. The Balaban J connectivity index is 1.96. The summed E-state index contributed by atoms with van der Waals surface area (Å²) >= 11 is 0. The lowest BCUT2D eigenvalue weighted by Gasteiger charge is -2.32. The SMILES string of the molecule is CC1(C)OB(c2ccc3c(c2)N(S(C)(=O)=O)CC3)OC1(C)C. The van der Waals surface area contributed by atoms with Crippen LogP contribution in [0.2, 0.25) is 0 Å². The second-order valence-electron chi connectivity index (χ2n) is 7.06. The van der Waals surface area contributed by atoms with Gasteiger partial charge in [-0.3, -0.25) is 4.31 Å². The molecule has 3 rings (SSSR count). The zero-order valence-corrected chi connectivity index (χ0v) is 14.5. The first-order valence-corrected chi connectivity index (χ1v) is 9.32. The lowest BCUT2D eigenvalue weighted by atomic mass is 9.78. The number of rotatable bonds is 2. The third-order valence-corrected chi connectivity index (χ3v) is 6.07. The fraction of sp³-hybridized carbons (Fsp3) is 0.600. The number of benzene rings is 1. The van der Waals surface area contributed by atoms with E-state index >= 15 is 0 Å². The molecule has 0 aromatic heterocycles. The summed E-state index contributed by atoms with van der Waals surface area (Å²) < 4.78 is 37.3. The van der Waals surface area contributed by atoms with Gasteiger partial charge in [0, 0.05) is 6.54 Å². The third kappa shape index (κ3) is 2.45. The van der Waals surface area contributed by atoms with Crippen LogP contribution in [-0.4, -0.2) is 39.5 Å². The van der Waals surface area contributed by atoms with Crippen LogP contribution in [0.4, 0.5) is 5.69 Å². The Hall–Kier alpha value is -1.05. The lowest BCUT2D eigenvalue weighted by molar-refractivity contribution is 0.00578. The molecule has 7 heteroatoms. The number of anilines is 1. The van der Waals surface area contributed by atoms with Crippen LogP contribution in [0.1, 0.15) is 33.3 Å². The van der Waals surface area contributed by atoms with Crippen molar-refractivity contribution in [3.05, 3.63) is 23.8 Å². The van der Waals surface area contributed by atoms with Crippen molar-refractivity contribution in [2.24, 2.45) is 0 Å². The van der Waals surface area contributed by atoms with Gasteiger partial charge < -0.3 is 9.31 Å². The van der Waals surface area contributed by atoms with Gasteiger partial charge in [0.05, 0.1) is 23.1 Å². The van der Waals surface area contributed by atoms with Gasteiger partial charge in [-0.1, -0.05) is 12.1 Å². The molecule has 22 heavy (non-hydrogen) atoms. The Morgan fingerprint density at radius 1 is 1.14 bits per heavy atom. The molecule has 2 heterocycles. The molecular weight excluding hydrogens is 301 g/mol. The standard InChI is InChI=1S/C15H22BNO4S/c1-14(2)15(3,4)21-16(20-14)12-7-6-11-8-9-17(13(11)10-12)22(5,18)19/h6-7,10H,8-9H2,1-5H3. The van der Waals surface area contributed by atoms with Gasteiger partial charge in [-0.25, -0.2) is 8.42 Å². The normalized spacial score (nSPS) is 23.0. The van der Waals surface area contributed by atoms with Crippen molar-refractivity contribution >= 4 is 28.3 Å². The lowest BCUT2D eigenvalue weighted by Crippen LogP contribution is -2.41.